The van der Waals surface area contributed by atoms with Crippen molar-refractivity contribution in [2.24, 2.45) is 0 Å². The number of rotatable bonds is 5. The maximum Gasteiger partial charge on any atom is 0.0640 e. The molecule has 0 bridgehead atoms. The van der Waals surface area contributed by atoms with Crippen LogP contribution in [0.1, 0.15) is 33.3 Å². The number of benzene rings is 6. The van der Waals surface area contributed by atoms with Gasteiger partial charge in [-0.3, -0.25) is 0 Å². The van der Waals surface area contributed by atoms with Crippen LogP contribution in [0.25, 0.3) is 53.1 Å². The van der Waals surface area contributed by atoms with E-state index in [0.29, 0.717) is 0 Å². The van der Waals surface area contributed by atoms with Gasteiger partial charge in [0.15, 0.2) is 0 Å². The molecular formula is C42H36N2S. The summed E-state index contributed by atoms with van der Waals surface area (Å²) >= 11 is 1.88. The average Bonchev–Trinajstić information content (AvgIpc) is 3.61. The number of hydrogen-bond donors (Lipinski definition) is 0. The lowest BCUT2D eigenvalue weighted by molar-refractivity contribution is 0.423. The first-order valence-electron chi connectivity index (χ1n) is 15.8. The molecule has 0 aliphatic rings. The standard InChI is InChI=1S/C42H36N2S/c1-5-28-14-12-15-30(26-28)43(39-22-13-19-34-33-18-8-11-23-40(33)45-41(34)39)36-20-9-6-16-31(36)29-24-25-38-35(27-29)32-17-7-10-21-37(32)44(38)42(2,3)4/h6-27H,5H2,1-4H3. The van der Waals surface area contributed by atoms with Gasteiger partial charge in [-0.25, -0.2) is 0 Å². The third-order valence-corrected chi connectivity index (χ3v) is 10.2. The summed E-state index contributed by atoms with van der Waals surface area (Å²) in [7, 11) is 0. The quantitative estimate of drug-likeness (QED) is 0.191. The first-order valence-corrected chi connectivity index (χ1v) is 16.7. The van der Waals surface area contributed by atoms with Crippen LogP contribution < -0.4 is 4.90 Å². The Hall–Kier alpha value is -4.86. The van der Waals surface area contributed by atoms with Crippen molar-refractivity contribution in [1.82, 2.24) is 4.57 Å². The predicted octanol–water partition coefficient (Wildman–Crippen LogP) is 12.6. The van der Waals surface area contributed by atoms with Crippen molar-refractivity contribution in [2.45, 2.75) is 39.7 Å². The van der Waals surface area contributed by atoms with Crippen molar-refractivity contribution in [2.75, 3.05) is 4.90 Å². The molecule has 0 saturated carbocycles. The van der Waals surface area contributed by atoms with Crippen LogP contribution in [0.3, 0.4) is 0 Å². The highest BCUT2D eigenvalue weighted by molar-refractivity contribution is 7.26. The third kappa shape index (κ3) is 4.53. The van der Waals surface area contributed by atoms with E-state index in [-0.39, 0.29) is 5.54 Å². The van der Waals surface area contributed by atoms with Gasteiger partial charge in [-0.2, -0.15) is 0 Å². The molecule has 0 fully saturated rings. The van der Waals surface area contributed by atoms with Crippen molar-refractivity contribution in [1.29, 1.82) is 0 Å². The largest absolute Gasteiger partial charge is 0.335 e. The Kier molecular flexibility index (Phi) is 6.54. The molecule has 3 heteroatoms. The van der Waals surface area contributed by atoms with Crippen molar-refractivity contribution in [3.63, 3.8) is 0 Å². The van der Waals surface area contributed by atoms with E-state index in [1.807, 2.05) is 11.3 Å². The van der Waals surface area contributed by atoms with Crippen molar-refractivity contribution < 1.29 is 0 Å². The smallest absolute Gasteiger partial charge is 0.0640 e. The minimum atomic E-state index is -0.0369. The van der Waals surface area contributed by atoms with Gasteiger partial charge < -0.3 is 9.47 Å². The van der Waals surface area contributed by atoms with E-state index in [1.54, 1.807) is 0 Å². The van der Waals surface area contributed by atoms with E-state index < -0.39 is 0 Å². The number of para-hydroxylation sites is 2. The predicted molar refractivity (Wildman–Crippen MR) is 197 cm³/mol. The molecule has 8 rings (SSSR count). The SMILES string of the molecule is CCc1cccc(N(c2ccccc2-c2ccc3c(c2)c2ccccc2n3C(C)(C)C)c2cccc3c2sc2ccccc23)c1. The van der Waals surface area contributed by atoms with Crippen LogP contribution in [0.2, 0.25) is 0 Å². The Balaban J connectivity index is 1.40. The number of hydrogen-bond acceptors (Lipinski definition) is 2. The van der Waals surface area contributed by atoms with E-state index in [0.717, 1.165) is 6.42 Å². The second-order valence-electron chi connectivity index (χ2n) is 12.9. The fourth-order valence-electron chi connectivity index (χ4n) is 7.01. The van der Waals surface area contributed by atoms with Crippen LogP contribution in [0.15, 0.2) is 133 Å². The molecule has 0 aliphatic carbocycles. The molecule has 45 heavy (non-hydrogen) atoms. The van der Waals surface area contributed by atoms with Gasteiger partial charge in [0.25, 0.3) is 0 Å². The van der Waals surface area contributed by atoms with Gasteiger partial charge in [0.1, 0.15) is 0 Å². The van der Waals surface area contributed by atoms with Gasteiger partial charge in [0.2, 0.25) is 0 Å². The number of fused-ring (bicyclic) bond motifs is 6. The van der Waals surface area contributed by atoms with E-state index in [4.69, 9.17) is 0 Å². The topological polar surface area (TPSA) is 8.17 Å². The molecule has 220 valence electrons. The van der Waals surface area contributed by atoms with E-state index in [2.05, 4.69) is 171 Å². The number of nitrogens with zero attached hydrogens (tertiary/aromatic N) is 2. The van der Waals surface area contributed by atoms with Crippen LogP contribution in [-0.2, 0) is 12.0 Å². The van der Waals surface area contributed by atoms with Crippen molar-refractivity contribution in [3.05, 3.63) is 139 Å². The molecule has 0 radical (unpaired) electrons. The van der Waals surface area contributed by atoms with Gasteiger partial charge >= 0.3 is 0 Å². The lowest BCUT2D eigenvalue weighted by atomic mass is 9.99. The lowest BCUT2D eigenvalue weighted by Crippen LogP contribution is -2.21. The summed E-state index contributed by atoms with van der Waals surface area (Å²) in [6.07, 6.45) is 0.991. The second-order valence-corrected chi connectivity index (χ2v) is 13.9. The summed E-state index contributed by atoms with van der Waals surface area (Å²) < 4.78 is 5.10. The molecule has 0 unspecified atom stereocenters. The Morgan fingerprint density at radius 2 is 1.29 bits per heavy atom. The monoisotopic (exact) mass is 600 g/mol. The first kappa shape index (κ1) is 27.7. The van der Waals surface area contributed by atoms with Gasteiger partial charge in [-0.15, -0.1) is 11.3 Å². The number of aromatic nitrogens is 1. The van der Waals surface area contributed by atoms with Crippen LogP contribution >= 0.6 is 11.3 Å². The van der Waals surface area contributed by atoms with E-state index in [9.17, 15) is 0 Å². The molecule has 8 aromatic rings. The highest BCUT2D eigenvalue weighted by atomic mass is 32.1. The van der Waals surface area contributed by atoms with Gasteiger partial charge in [0.05, 0.1) is 16.1 Å². The molecule has 6 aromatic carbocycles. The summed E-state index contributed by atoms with van der Waals surface area (Å²) in [4.78, 5) is 2.48. The maximum absolute atomic E-state index is 2.48. The molecule has 2 aromatic heterocycles. The summed E-state index contributed by atoms with van der Waals surface area (Å²) in [5, 5.41) is 5.21. The minimum absolute atomic E-state index is 0.0369. The molecule has 2 nitrogen and oxygen atoms in total. The highest BCUT2D eigenvalue weighted by Gasteiger charge is 2.23. The molecule has 0 amide bonds. The molecule has 2 heterocycles. The molecule has 0 N–H and O–H groups in total. The number of aryl methyl sites for hydroxylation is 1. The van der Waals surface area contributed by atoms with E-state index in [1.165, 1.54) is 75.7 Å². The Morgan fingerprint density at radius 3 is 2.13 bits per heavy atom. The Morgan fingerprint density at radius 1 is 0.600 bits per heavy atom. The fourth-order valence-corrected chi connectivity index (χ4v) is 8.21. The summed E-state index contributed by atoms with van der Waals surface area (Å²) in [6.45, 7) is 9.10. The Bertz CT molecular complexity index is 2370. The fraction of sp³-hybridized carbons (Fsp3) is 0.143. The molecule has 0 atom stereocenters. The summed E-state index contributed by atoms with van der Waals surface area (Å²) in [5.41, 5.74) is 9.83. The average molecular weight is 601 g/mol. The number of anilines is 3. The highest BCUT2D eigenvalue weighted by Crippen LogP contribution is 2.47. The summed E-state index contributed by atoms with van der Waals surface area (Å²) in [6, 6.07) is 49.3. The summed E-state index contributed by atoms with van der Waals surface area (Å²) in [5.74, 6) is 0. The molecule has 0 aliphatic heterocycles. The van der Waals surface area contributed by atoms with Crippen LogP contribution in [0, 0.1) is 0 Å². The molecular weight excluding hydrogens is 565 g/mol. The van der Waals surface area contributed by atoms with E-state index >= 15 is 0 Å². The third-order valence-electron chi connectivity index (χ3n) is 9.00. The van der Waals surface area contributed by atoms with Gasteiger partial charge in [-0.1, -0.05) is 91.9 Å². The first-order chi connectivity index (χ1) is 21.9. The van der Waals surface area contributed by atoms with Crippen LogP contribution in [-0.4, -0.2) is 4.57 Å². The van der Waals surface area contributed by atoms with Crippen molar-refractivity contribution in [3.8, 4) is 11.1 Å². The minimum Gasteiger partial charge on any atom is -0.335 e. The van der Waals surface area contributed by atoms with Crippen LogP contribution in [0.4, 0.5) is 17.1 Å². The molecule has 0 saturated heterocycles. The molecule has 0 spiro atoms. The zero-order chi connectivity index (χ0) is 30.7. The van der Waals surface area contributed by atoms with Gasteiger partial charge in [0, 0.05) is 54.1 Å². The van der Waals surface area contributed by atoms with Crippen molar-refractivity contribution >= 4 is 70.4 Å². The van der Waals surface area contributed by atoms with Crippen LogP contribution in [0.5, 0.6) is 0 Å². The number of thiophene rings is 1. The second kappa shape index (κ2) is 10.6. The zero-order valence-electron chi connectivity index (χ0n) is 26.2. The van der Waals surface area contributed by atoms with Gasteiger partial charge in [-0.05, 0) is 86.8 Å². The normalized spacial score (nSPS) is 12.1. The lowest BCUT2D eigenvalue weighted by Gasteiger charge is -2.29. The maximum atomic E-state index is 2.48. The zero-order valence-corrected chi connectivity index (χ0v) is 27.0. The Labute approximate surface area is 268 Å².